The number of carbonyl (C=O) groups excluding carboxylic acids is 2. The Labute approximate surface area is 195 Å². The Morgan fingerprint density at radius 2 is 1.73 bits per heavy atom. The lowest BCUT2D eigenvalue weighted by atomic mass is 9.93. The van der Waals surface area contributed by atoms with Gasteiger partial charge in [-0.3, -0.25) is 14.5 Å². The highest BCUT2D eigenvalue weighted by Gasteiger charge is 2.47. The zero-order chi connectivity index (χ0) is 23.9. The van der Waals surface area contributed by atoms with Crippen molar-refractivity contribution in [1.82, 2.24) is 0 Å². The molecule has 168 valence electrons. The number of benzene rings is 3. The van der Waals surface area contributed by atoms with E-state index >= 15 is 0 Å². The molecule has 1 amide bonds. The molecule has 5 nitrogen and oxygen atoms in total. The van der Waals surface area contributed by atoms with Gasteiger partial charge in [-0.25, -0.2) is 4.39 Å². The summed E-state index contributed by atoms with van der Waals surface area (Å²) in [4.78, 5) is 27.7. The number of hydrogen-bond acceptors (Lipinski definition) is 4. The van der Waals surface area contributed by atoms with Gasteiger partial charge in [0, 0.05) is 5.69 Å². The number of rotatable bonds is 4. The van der Waals surface area contributed by atoms with Crippen molar-refractivity contribution in [1.29, 1.82) is 0 Å². The Morgan fingerprint density at radius 3 is 2.36 bits per heavy atom. The van der Waals surface area contributed by atoms with E-state index < -0.39 is 29.3 Å². The number of ketones is 1. The first-order valence-corrected chi connectivity index (χ1v) is 10.6. The topological polar surface area (TPSA) is 66.8 Å². The highest BCUT2D eigenvalue weighted by Crippen LogP contribution is 2.44. The maximum absolute atomic E-state index is 13.6. The molecule has 4 rings (SSSR count). The quantitative estimate of drug-likeness (QED) is 0.303. The molecule has 1 saturated heterocycles. The molecule has 1 aliphatic heterocycles. The predicted octanol–water partition coefficient (Wildman–Crippen LogP) is 5.73. The third-order valence-electron chi connectivity index (χ3n) is 5.55. The minimum absolute atomic E-state index is 0.102. The van der Waals surface area contributed by atoms with E-state index in [2.05, 4.69) is 0 Å². The summed E-state index contributed by atoms with van der Waals surface area (Å²) < 4.78 is 18.9. The number of aliphatic hydroxyl groups is 1. The number of ether oxygens (including phenoxy) is 1. The van der Waals surface area contributed by atoms with Crippen LogP contribution in [0.15, 0.2) is 66.2 Å². The summed E-state index contributed by atoms with van der Waals surface area (Å²) in [5.41, 5.74) is 2.71. The first-order chi connectivity index (χ1) is 15.7. The van der Waals surface area contributed by atoms with Crippen molar-refractivity contribution in [3.8, 4) is 5.75 Å². The molecule has 1 unspecified atom stereocenters. The van der Waals surface area contributed by atoms with Crippen molar-refractivity contribution in [3.05, 3.63) is 99.3 Å². The normalized spacial score (nSPS) is 17.5. The first-order valence-electron chi connectivity index (χ1n) is 10.2. The Kier molecular flexibility index (Phi) is 5.95. The minimum Gasteiger partial charge on any atom is -0.507 e. The van der Waals surface area contributed by atoms with E-state index in [0.717, 1.165) is 11.1 Å². The molecule has 33 heavy (non-hydrogen) atoms. The molecule has 1 aliphatic rings. The lowest BCUT2D eigenvalue weighted by Gasteiger charge is -2.26. The fourth-order valence-corrected chi connectivity index (χ4v) is 4.46. The monoisotopic (exact) mass is 465 g/mol. The summed E-state index contributed by atoms with van der Waals surface area (Å²) in [6.45, 7) is 3.67. The Bertz CT molecular complexity index is 1300. The maximum Gasteiger partial charge on any atom is 0.300 e. The second-order valence-corrected chi connectivity index (χ2v) is 8.29. The van der Waals surface area contributed by atoms with Gasteiger partial charge in [0.25, 0.3) is 11.7 Å². The second kappa shape index (κ2) is 8.71. The standard InChI is InChI=1S/C26H21ClFNO4/c1-14-5-4-6-16(11-14)22-21(23(30)19-12-15(2)13-20(27)25(19)33-3)24(31)26(32)29(22)18-9-7-17(28)8-10-18/h4-13,22,30H,1-3H3/b23-21+. The Morgan fingerprint density at radius 1 is 1.03 bits per heavy atom. The molecule has 7 heteroatoms. The molecule has 0 bridgehead atoms. The van der Waals surface area contributed by atoms with Crippen molar-refractivity contribution < 1.29 is 23.8 Å². The Hall–Kier alpha value is -3.64. The van der Waals surface area contributed by atoms with E-state index in [1.807, 2.05) is 19.1 Å². The van der Waals surface area contributed by atoms with Crippen LogP contribution in [0, 0.1) is 19.7 Å². The fourth-order valence-electron chi connectivity index (χ4n) is 4.11. The van der Waals surface area contributed by atoms with E-state index in [0.29, 0.717) is 11.3 Å². The van der Waals surface area contributed by atoms with Crippen LogP contribution in [0.1, 0.15) is 28.3 Å². The van der Waals surface area contributed by atoms with Gasteiger partial charge in [0.1, 0.15) is 17.3 Å². The lowest BCUT2D eigenvalue weighted by Crippen LogP contribution is -2.29. The number of anilines is 1. The number of hydrogen-bond donors (Lipinski definition) is 1. The van der Waals surface area contributed by atoms with Crippen LogP contribution in [-0.2, 0) is 9.59 Å². The van der Waals surface area contributed by atoms with Crippen LogP contribution in [-0.4, -0.2) is 23.9 Å². The zero-order valence-corrected chi connectivity index (χ0v) is 19.0. The molecule has 1 atom stereocenters. The third kappa shape index (κ3) is 3.98. The number of aryl methyl sites for hydroxylation is 2. The highest BCUT2D eigenvalue weighted by atomic mass is 35.5. The number of methoxy groups -OCH3 is 1. The average molecular weight is 466 g/mol. The highest BCUT2D eigenvalue weighted by molar-refractivity contribution is 6.51. The zero-order valence-electron chi connectivity index (χ0n) is 18.2. The largest absolute Gasteiger partial charge is 0.507 e. The molecule has 0 saturated carbocycles. The van der Waals surface area contributed by atoms with Crippen molar-refractivity contribution in [2.75, 3.05) is 12.0 Å². The summed E-state index contributed by atoms with van der Waals surface area (Å²) in [6.07, 6.45) is 0. The number of amides is 1. The minimum atomic E-state index is -0.931. The Balaban J connectivity index is 2.01. The van der Waals surface area contributed by atoms with Gasteiger partial charge in [-0.15, -0.1) is 0 Å². The number of aliphatic hydroxyl groups excluding tert-OH is 1. The molecule has 0 spiro atoms. The number of halogens is 2. The van der Waals surface area contributed by atoms with Gasteiger partial charge in [-0.05, 0) is 61.4 Å². The second-order valence-electron chi connectivity index (χ2n) is 7.89. The molecule has 1 heterocycles. The van der Waals surface area contributed by atoms with E-state index in [1.165, 1.54) is 36.3 Å². The van der Waals surface area contributed by atoms with Crippen molar-refractivity contribution in [2.45, 2.75) is 19.9 Å². The van der Waals surface area contributed by atoms with Crippen LogP contribution in [0.2, 0.25) is 5.02 Å². The van der Waals surface area contributed by atoms with E-state index in [4.69, 9.17) is 16.3 Å². The van der Waals surface area contributed by atoms with Gasteiger partial charge in [0.15, 0.2) is 0 Å². The molecule has 0 aromatic heterocycles. The van der Waals surface area contributed by atoms with E-state index in [-0.39, 0.29) is 21.9 Å². The number of Topliss-reactive ketones (excluding diaryl/α,β-unsaturated/α-hetero) is 1. The summed E-state index contributed by atoms with van der Waals surface area (Å²) in [5.74, 6) is -2.36. The number of carbonyl (C=O) groups is 2. The van der Waals surface area contributed by atoms with Crippen molar-refractivity contribution in [3.63, 3.8) is 0 Å². The smallest absolute Gasteiger partial charge is 0.300 e. The summed E-state index contributed by atoms with van der Waals surface area (Å²) in [6, 6.07) is 15.0. The van der Waals surface area contributed by atoms with Crippen molar-refractivity contribution in [2.24, 2.45) is 0 Å². The summed E-state index contributed by atoms with van der Waals surface area (Å²) in [5, 5.41) is 11.6. The molecule has 0 aliphatic carbocycles. The van der Waals surface area contributed by atoms with Gasteiger partial charge in [-0.1, -0.05) is 41.4 Å². The van der Waals surface area contributed by atoms with Crippen LogP contribution < -0.4 is 9.64 Å². The van der Waals surface area contributed by atoms with Crippen LogP contribution in [0.25, 0.3) is 5.76 Å². The van der Waals surface area contributed by atoms with Gasteiger partial charge in [0.05, 0.1) is 29.3 Å². The summed E-state index contributed by atoms with van der Waals surface area (Å²) >= 11 is 6.31. The van der Waals surface area contributed by atoms with Crippen LogP contribution >= 0.6 is 11.6 Å². The first kappa shape index (κ1) is 22.6. The fraction of sp³-hybridized carbons (Fsp3) is 0.154. The van der Waals surface area contributed by atoms with E-state index in [1.54, 1.807) is 31.2 Å². The van der Waals surface area contributed by atoms with Gasteiger partial charge in [0.2, 0.25) is 0 Å². The van der Waals surface area contributed by atoms with Gasteiger partial charge in [-0.2, -0.15) is 0 Å². The molecule has 1 N–H and O–H groups in total. The van der Waals surface area contributed by atoms with E-state index in [9.17, 15) is 19.1 Å². The van der Waals surface area contributed by atoms with Crippen LogP contribution in [0.3, 0.4) is 0 Å². The molecular weight excluding hydrogens is 445 g/mol. The lowest BCUT2D eigenvalue weighted by molar-refractivity contribution is -0.132. The van der Waals surface area contributed by atoms with Gasteiger partial charge < -0.3 is 9.84 Å². The molecule has 1 fully saturated rings. The molecule has 3 aromatic carbocycles. The number of nitrogens with zero attached hydrogens (tertiary/aromatic N) is 1. The van der Waals surface area contributed by atoms with Crippen LogP contribution in [0.4, 0.5) is 10.1 Å². The predicted molar refractivity (Wildman–Crippen MR) is 125 cm³/mol. The van der Waals surface area contributed by atoms with Gasteiger partial charge >= 0.3 is 0 Å². The summed E-state index contributed by atoms with van der Waals surface area (Å²) in [7, 11) is 1.41. The SMILES string of the molecule is COc1c(Cl)cc(C)cc1/C(O)=C1\C(=O)C(=O)N(c2ccc(F)cc2)C1c1cccc(C)c1. The molecule has 0 radical (unpaired) electrons. The maximum atomic E-state index is 13.6. The van der Waals surface area contributed by atoms with Crippen molar-refractivity contribution >= 4 is 34.7 Å². The average Bonchev–Trinajstić information content (AvgIpc) is 3.04. The molecular formula is C26H21ClFNO4. The van der Waals surface area contributed by atoms with Crippen LogP contribution in [0.5, 0.6) is 5.75 Å². The third-order valence-corrected chi connectivity index (χ3v) is 5.84. The molecule has 3 aromatic rings.